The number of likely N-dealkylation sites (tertiary alicyclic amines) is 1. The van der Waals surface area contributed by atoms with Crippen LogP contribution in [0, 0.1) is 0 Å². The van der Waals surface area contributed by atoms with Gasteiger partial charge in [0.15, 0.2) is 0 Å². The minimum Gasteiger partial charge on any atom is -0.331 e. The maximum atomic E-state index is 13.1. The first-order valence-electron chi connectivity index (χ1n) is 8.91. The van der Waals surface area contributed by atoms with Crippen LogP contribution in [0.15, 0.2) is 53.7 Å². The molecule has 26 heavy (non-hydrogen) atoms. The number of aromatic nitrogens is 4. The number of carbonyl (C=O) groups is 1. The van der Waals surface area contributed by atoms with Gasteiger partial charge in [-0.3, -0.25) is 9.59 Å². The lowest BCUT2D eigenvalue weighted by atomic mass is 9.91. The Labute approximate surface area is 150 Å². The molecule has 0 bridgehead atoms. The molecule has 1 fully saturated rings. The second-order valence-electron chi connectivity index (χ2n) is 6.76. The molecule has 134 valence electrons. The van der Waals surface area contributed by atoms with Crippen LogP contribution in [0.2, 0.25) is 0 Å². The number of rotatable bonds is 3. The number of nitrogens with zero attached hydrogens (tertiary/aromatic N) is 5. The lowest BCUT2D eigenvalue weighted by Gasteiger charge is -2.41. The van der Waals surface area contributed by atoms with Gasteiger partial charge in [0.05, 0.1) is 12.2 Å². The van der Waals surface area contributed by atoms with E-state index in [4.69, 9.17) is 0 Å². The standard InChI is InChI=1S/C19H21N5O2/c1-14-6-5-9-16(15-7-3-2-4-8-15)24(14)18(25)12-22-19(26)17-10-11-20-23(17)13-21-22/h2-4,7-8,10-11,13-14,16H,5-6,9,12H2,1H3/t14-,16+/m1/s1. The summed E-state index contributed by atoms with van der Waals surface area (Å²) >= 11 is 0. The van der Waals surface area contributed by atoms with Crippen LogP contribution in [0.1, 0.15) is 37.8 Å². The van der Waals surface area contributed by atoms with Crippen LogP contribution in [0.3, 0.4) is 0 Å². The van der Waals surface area contributed by atoms with E-state index in [0.29, 0.717) is 5.52 Å². The van der Waals surface area contributed by atoms with Crippen molar-refractivity contribution in [2.24, 2.45) is 0 Å². The Balaban J connectivity index is 1.63. The van der Waals surface area contributed by atoms with Gasteiger partial charge in [0.1, 0.15) is 18.4 Å². The highest BCUT2D eigenvalue weighted by atomic mass is 16.2. The smallest absolute Gasteiger partial charge is 0.293 e. The fourth-order valence-electron chi connectivity index (χ4n) is 3.81. The molecule has 1 aliphatic rings. The Bertz CT molecular complexity index is 978. The van der Waals surface area contributed by atoms with Gasteiger partial charge in [-0.15, -0.1) is 0 Å². The summed E-state index contributed by atoms with van der Waals surface area (Å²) in [6.45, 7) is 2.01. The minimum absolute atomic E-state index is 0.0434. The molecule has 1 saturated heterocycles. The molecule has 1 aromatic carbocycles. The predicted octanol–water partition coefficient (Wildman–Crippen LogP) is 2.03. The fourth-order valence-corrected chi connectivity index (χ4v) is 3.81. The molecule has 0 radical (unpaired) electrons. The number of benzene rings is 1. The quantitative estimate of drug-likeness (QED) is 0.724. The molecule has 3 heterocycles. The third-order valence-corrected chi connectivity index (χ3v) is 5.09. The Morgan fingerprint density at radius 3 is 2.77 bits per heavy atom. The van der Waals surface area contributed by atoms with E-state index in [2.05, 4.69) is 29.3 Å². The Hall–Kier alpha value is -2.96. The van der Waals surface area contributed by atoms with E-state index in [1.54, 1.807) is 12.3 Å². The number of piperidine rings is 1. The molecule has 0 unspecified atom stereocenters. The largest absolute Gasteiger partial charge is 0.331 e. The van der Waals surface area contributed by atoms with Gasteiger partial charge in [-0.05, 0) is 37.8 Å². The maximum absolute atomic E-state index is 13.1. The molecule has 7 nitrogen and oxygen atoms in total. The highest BCUT2D eigenvalue weighted by molar-refractivity contribution is 5.77. The molecular formula is C19H21N5O2. The van der Waals surface area contributed by atoms with Crippen LogP contribution in [-0.4, -0.2) is 36.2 Å². The molecule has 2 atom stereocenters. The van der Waals surface area contributed by atoms with Crippen molar-refractivity contribution in [1.29, 1.82) is 0 Å². The normalized spacial score (nSPS) is 20.4. The zero-order valence-electron chi connectivity index (χ0n) is 14.7. The summed E-state index contributed by atoms with van der Waals surface area (Å²) in [4.78, 5) is 27.5. The molecule has 4 rings (SSSR count). The van der Waals surface area contributed by atoms with Crippen LogP contribution >= 0.6 is 0 Å². The van der Waals surface area contributed by atoms with Crippen molar-refractivity contribution >= 4 is 11.4 Å². The van der Waals surface area contributed by atoms with E-state index in [9.17, 15) is 9.59 Å². The Kier molecular flexibility index (Phi) is 4.28. The van der Waals surface area contributed by atoms with Crippen molar-refractivity contribution in [3.8, 4) is 0 Å². The minimum atomic E-state index is -0.306. The summed E-state index contributed by atoms with van der Waals surface area (Å²) in [5.74, 6) is -0.0791. The molecule has 0 spiro atoms. The highest BCUT2D eigenvalue weighted by Crippen LogP contribution is 2.34. The van der Waals surface area contributed by atoms with Gasteiger partial charge in [-0.2, -0.15) is 10.2 Å². The number of carbonyl (C=O) groups excluding carboxylic acids is 1. The zero-order chi connectivity index (χ0) is 18.1. The lowest BCUT2D eigenvalue weighted by molar-refractivity contribution is -0.139. The van der Waals surface area contributed by atoms with E-state index in [0.717, 1.165) is 24.8 Å². The number of fused-ring (bicyclic) bond motifs is 1. The van der Waals surface area contributed by atoms with Gasteiger partial charge in [-0.1, -0.05) is 30.3 Å². The van der Waals surface area contributed by atoms with Crippen molar-refractivity contribution in [3.05, 3.63) is 64.8 Å². The molecule has 0 aliphatic carbocycles. The van der Waals surface area contributed by atoms with Crippen LogP contribution in [0.4, 0.5) is 0 Å². The van der Waals surface area contributed by atoms with Crippen molar-refractivity contribution in [1.82, 2.24) is 24.3 Å². The van der Waals surface area contributed by atoms with Gasteiger partial charge in [0.25, 0.3) is 5.56 Å². The summed E-state index contributed by atoms with van der Waals surface area (Å²) in [5, 5.41) is 8.09. The van der Waals surface area contributed by atoms with Crippen molar-refractivity contribution in [2.75, 3.05) is 0 Å². The summed E-state index contributed by atoms with van der Waals surface area (Å²) in [5.41, 5.74) is 1.25. The van der Waals surface area contributed by atoms with Crippen LogP contribution in [-0.2, 0) is 11.3 Å². The second kappa shape index (κ2) is 6.74. The van der Waals surface area contributed by atoms with Crippen LogP contribution in [0.25, 0.3) is 5.52 Å². The highest BCUT2D eigenvalue weighted by Gasteiger charge is 2.32. The molecule has 1 aliphatic heterocycles. The third-order valence-electron chi connectivity index (χ3n) is 5.09. The molecule has 0 saturated carbocycles. The van der Waals surface area contributed by atoms with E-state index in [1.165, 1.54) is 15.5 Å². The molecule has 7 heteroatoms. The lowest BCUT2D eigenvalue weighted by Crippen LogP contribution is -2.46. The van der Waals surface area contributed by atoms with E-state index in [-0.39, 0.29) is 30.1 Å². The molecule has 3 aromatic rings. The van der Waals surface area contributed by atoms with E-state index < -0.39 is 0 Å². The summed E-state index contributed by atoms with van der Waals surface area (Å²) in [6, 6.07) is 11.9. The van der Waals surface area contributed by atoms with Gasteiger partial charge >= 0.3 is 0 Å². The number of amides is 1. The van der Waals surface area contributed by atoms with Crippen LogP contribution < -0.4 is 5.56 Å². The maximum Gasteiger partial charge on any atom is 0.293 e. The zero-order valence-corrected chi connectivity index (χ0v) is 14.7. The average molecular weight is 351 g/mol. The van der Waals surface area contributed by atoms with Gasteiger partial charge < -0.3 is 4.90 Å². The first-order valence-corrected chi connectivity index (χ1v) is 8.91. The third kappa shape index (κ3) is 2.89. The van der Waals surface area contributed by atoms with Crippen molar-refractivity contribution < 1.29 is 4.79 Å². The molecule has 1 amide bonds. The Morgan fingerprint density at radius 2 is 1.96 bits per heavy atom. The monoisotopic (exact) mass is 351 g/mol. The summed E-state index contributed by atoms with van der Waals surface area (Å²) < 4.78 is 2.64. The van der Waals surface area contributed by atoms with Gasteiger partial charge in [0.2, 0.25) is 5.91 Å². The fraction of sp³-hybridized carbons (Fsp3) is 0.368. The molecular weight excluding hydrogens is 330 g/mol. The van der Waals surface area contributed by atoms with E-state index >= 15 is 0 Å². The predicted molar refractivity (Wildman–Crippen MR) is 96.6 cm³/mol. The Morgan fingerprint density at radius 1 is 1.15 bits per heavy atom. The van der Waals surface area contributed by atoms with Gasteiger partial charge in [-0.25, -0.2) is 9.20 Å². The van der Waals surface area contributed by atoms with Crippen LogP contribution in [0.5, 0.6) is 0 Å². The van der Waals surface area contributed by atoms with Crippen molar-refractivity contribution in [2.45, 2.75) is 44.8 Å². The number of hydrogen-bond donors (Lipinski definition) is 0. The SMILES string of the molecule is C[C@@H]1CCC[C@@H](c2ccccc2)N1C(=O)Cn1ncn2nccc2c1=O. The summed E-state index contributed by atoms with van der Waals surface area (Å²) in [6.07, 6.45) is 5.99. The van der Waals surface area contributed by atoms with E-state index in [1.807, 2.05) is 23.1 Å². The average Bonchev–Trinajstić information content (AvgIpc) is 3.14. The molecule has 2 aromatic heterocycles. The van der Waals surface area contributed by atoms with Crippen molar-refractivity contribution in [3.63, 3.8) is 0 Å². The topological polar surface area (TPSA) is 72.5 Å². The number of hydrogen-bond acceptors (Lipinski definition) is 4. The first kappa shape index (κ1) is 16.5. The van der Waals surface area contributed by atoms with Gasteiger partial charge in [0, 0.05) is 6.04 Å². The summed E-state index contributed by atoms with van der Waals surface area (Å²) in [7, 11) is 0. The first-order chi connectivity index (χ1) is 12.6. The second-order valence-corrected chi connectivity index (χ2v) is 6.76. The molecule has 0 N–H and O–H groups in total.